The molecule has 0 saturated carbocycles. The van der Waals surface area contributed by atoms with Gasteiger partial charge in [0.1, 0.15) is 16.6 Å². The van der Waals surface area contributed by atoms with E-state index in [4.69, 9.17) is 16.7 Å². The van der Waals surface area contributed by atoms with E-state index in [1.807, 2.05) is 0 Å². The molecule has 2 aromatic heterocycles. The van der Waals surface area contributed by atoms with Crippen LogP contribution in [0.2, 0.25) is 5.15 Å². The largest absolute Gasteiger partial charge is 0.478 e. The predicted molar refractivity (Wildman–Crippen MR) is 55.2 cm³/mol. The standard InChI is InChI=1S/C9H8ClN3O2/c1-4-11-7(10)6-5(9(14)15)3-13(2)8(6)12-4/h3H,1-2H3,(H,14,15). The highest BCUT2D eigenvalue weighted by Gasteiger charge is 2.17. The molecule has 6 heteroatoms. The molecule has 0 aliphatic rings. The van der Waals surface area contributed by atoms with Crippen LogP contribution >= 0.6 is 11.6 Å². The van der Waals surface area contributed by atoms with E-state index in [2.05, 4.69) is 9.97 Å². The van der Waals surface area contributed by atoms with Crippen molar-refractivity contribution in [3.63, 3.8) is 0 Å². The lowest BCUT2D eigenvalue weighted by molar-refractivity contribution is 0.0699. The molecule has 15 heavy (non-hydrogen) atoms. The second kappa shape index (κ2) is 3.20. The van der Waals surface area contributed by atoms with Crippen LogP contribution in [0, 0.1) is 6.92 Å². The molecule has 0 saturated heterocycles. The van der Waals surface area contributed by atoms with Crippen molar-refractivity contribution < 1.29 is 9.90 Å². The number of aromatic carboxylic acids is 1. The number of nitrogens with zero attached hydrogens (tertiary/aromatic N) is 3. The summed E-state index contributed by atoms with van der Waals surface area (Å²) in [4.78, 5) is 19.0. The van der Waals surface area contributed by atoms with E-state index in [0.29, 0.717) is 16.9 Å². The monoisotopic (exact) mass is 225 g/mol. The van der Waals surface area contributed by atoms with Gasteiger partial charge in [0.25, 0.3) is 0 Å². The first-order valence-corrected chi connectivity index (χ1v) is 4.61. The molecule has 0 atom stereocenters. The molecule has 0 fully saturated rings. The third-order valence-corrected chi connectivity index (χ3v) is 2.39. The molecular formula is C9H8ClN3O2. The Balaban J connectivity index is 2.93. The maximum absolute atomic E-state index is 10.9. The second-order valence-electron chi connectivity index (χ2n) is 3.22. The van der Waals surface area contributed by atoms with E-state index in [-0.39, 0.29) is 10.7 Å². The number of hydrogen-bond acceptors (Lipinski definition) is 3. The summed E-state index contributed by atoms with van der Waals surface area (Å²) < 4.78 is 1.62. The summed E-state index contributed by atoms with van der Waals surface area (Å²) in [5.74, 6) is -0.513. The molecule has 2 heterocycles. The van der Waals surface area contributed by atoms with Crippen LogP contribution in [0.5, 0.6) is 0 Å². The third kappa shape index (κ3) is 1.45. The molecule has 0 bridgehead atoms. The lowest BCUT2D eigenvalue weighted by atomic mass is 10.2. The van der Waals surface area contributed by atoms with E-state index < -0.39 is 5.97 Å². The third-order valence-electron chi connectivity index (χ3n) is 2.11. The Hall–Kier alpha value is -1.62. The van der Waals surface area contributed by atoms with Crippen molar-refractivity contribution in [1.82, 2.24) is 14.5 Å². The number of fused-ring (bicyclic) bond motifs is 1. The lowest BCUT2D eigenvalue weighted by Crippen LogP contribution is -1.96. The first-order chi connectivity index (χ1) is 7.00. The highest BCUT2D eigenvalue weighted by Crippen LogP contribution is 2.25. The Bertz CT molecular complexity index is 562. The zero-order valence-electron chi connectivity index (χ0n) is 8.15. The highest BCUT2D eigenvalue weighted by atomic mass is 35.5. The van der Waals surface area contributed by atoms with Crippen LogP contribution in [0.4, 0.5) is 0 Å². The first kappa shape index (κ1) is 9.92. The van der Waals surface area contributed by atoms with E-state index in [0.717, 1.165) is 0 Å². The molecule has 0 aromatic carbocycles. The van der Waals surface area contributed by atoms with Gasteiger partial charge >= 0.3 is 5.97 Å². The van der Waals surface area contributed by atoms with Gasteiger partial charge in [-0.2, -0.15) is 0 Å². The Kier molecular flexibility index (Phi) is 2.12. The van der Waals surface area contributed by atoms with Gasteiger partial charge in [0.2, 0.25) is 0 Å². The summed E-state index contributed by atoms with van der Waals surface area (Å²) in [6.07, 6.45) is 1.48. The molecule has 0 aliphatic carbocycles. The molecule has 0 radical (unpaired) electrons. The van der Waals surface area contributed by atoms with Crippen LogP contribution in [0.3, 0.4) is 0 Å². The van der Waals surface area contributed by atoms with Crippen molar-refractivity contribution in [2.75, 3.05) is 0 Å². The van der Waals surface area contributed by atoms with Crippen LogP contribution in [0.25, 0.3) is 11.0 Å². The molecule has 0 aliphatic heterocycles. The summed E-state index contributed by atoms with van der Waals surface area (Å²) in [6, 6.07) is 0. The minimum Gasteiger partial charge on any atom is -0.478 e. The molecule has 1 N–H and O–H groups in total. The van der Waals surface area contributed by atoms with Gasteiger partial charge in [0, 0.05) is 13.2 Å². The number of carboxylic acids is 1. The van der Waals surface area contributed by atoms with Gasteiger partial charge in [-0.3, -0.25) is 0 Å². The summed E-state index contributed by atoms with van der Waals surface area (Å²) in [5.41, 5.74) is 0.655. The van der Waals surface area contributed by atoms with E-state index in [1.54, 1.807) is 18.5 Å². The lowest BCUT2D eigenvalue weighted by Gasteiger charge is -1.98. The van der Waals surface area contributed by atoms with Gasteiger partial charge in [0.05, 0.1) is 10.9 Å². The summed E-state index contributed by atoms with van der Waals surface area (Å²) >= 11 is 5.90. The van der Waals surface area contributed by atoms with E-state index in [9.17, 15) is 4.79 Å². The van der Waals surface area contributed by atoms with Crippen LogP contribution in [0.1, 0.15) is 16.2 Å². The van der Waals surface area contributed by atoms with Crippen molar-refractivity contribution in [3.8, 4) is 0 Å². The average Bonchev–Trinajstić information content (AvgIpc) is 2.44. The van der Waals surface area contributed by atoms with Gasteiger partial charge in [-0.25, -0.2) is 14.8 Å². The maximum atomic E-state index is 10.9. The van der Waals surface area contributed by atoms with Crippen LogP contribution < -0.4 is 0 Å². The Morgan fingerprint density at radius 2 is 2.20 bits per heavy atom. The number of carbonyl (C=O) groups is 1. The minimum atomic E-state index is -1.03. The Morgan fingerprint density at radius 3 is 2.80 bits per heavy atom. The van der Waals surface area contributed by atoms with Crippen LogP contribution in [-0.4, -0.2) is 25.6 Å². The van der Waals surface area contributed by atoms with Gasteiger partial charge < -0.3 is 9.67 Å². The van der Waals surface area contributed by atoms with Gasteiger partial charge in [-0.15, -0.1) is 0 Å². The van der Waals surface area contributed by atoms with Crippen molar-refractivity contribution in [3.05, 3.63) is 22.7 Å². The molecular weight excluding hydrogens is 218 g/mol. The molecule has 0 unspecified atom stereocenters. The summed E-state index contributed by atoms with van der Waals surface area (Å²) in [5, 5.41) is 9.53. The summed E-state index contributed by atoms with van der Waals surface area (Å²) in [6.45, 7) is 1.71. The Labute approximate surface area is 90.3 Å². The molecule has 0 spiro atoms. The van der Waals surface area contributed by atoms with Crippen molar-refractivity contribution in [2.24, 2.45) is 7.05 Å². The smallest absolute Gasteiger partial charge is 0.338 e. The highest BCUT2D eigenvalue weighted by molar-refractivity contribution is 6.35. The maximum Gasteiger partial charge on any atom is 0.338 e. The predicted octanol–water partition coefficient (Wildman–Crippen LogP) is 1.63. The number of aryl methyl sites for hydroxylation is 2. The SMILES string of the molecule is Cc1nc(Cl)c2c(C(=O)O)cn(C)c2n1. The van der Waals surface area contributed by atoms with Gasteiger partial charge in [-0.1, -0.05) is 11.6 Å². The van der Waals surface area contributed by atoms with Crippen molar-refractivity contribution >= 4 is 28.6 Å². The number of hydrogen-bond donors (Lipinski definition) is 1. The minimum absolute atomic E-state index is 0.123. The van der Waals surface area contributed by atoms with Crippen molar-refractivity contribution in [2.45, 2.75) is 6.92 Å². The Morgan fingerprint density at radius 1 is 1.53 bits per heavy atom. The molecule has 5 nitrogen and oxygen atoms in total. The number of halogens is 1. The fourth-order valence-electron chi connectivity index (χ4n) is 1.49. The number of rotatable bonds is 1. The fraction of sp³-hybridized carbons (Fsp3) is 0.222. The average molecular weight is 226 g/mol. The normalized spacial score (nSPS) is 10.9. The van der Waals surface area contributed by atoms with Crippen LogP contribution in [-0.2, 0) is 7.05 Å². The molecule has 0 amide bonds. The zero-order chi connectivity index (χ0) is 11.2. The fourth-order valence-corrected chi connectivity index (χ4v) is 1.80. The van der Waals surface area contributed by atoms with E-state index in [1.165, 1.54) is 6.20 Å². The number of aromatic nitrogens is 3. The van der Waals surface area contributed by atoms with Gasteiger partial charge in [0.15, 0.2) is 0 Å². The second-order valence-corrected chi connectivity index (χ2v) is 3.58. The summed E-state index contributed by atoms with van der Waals surface area (Å²) in [7, 11) is 1.72. The zero-order valence-corrected chi connectivity index (χ0v) is 8.91. The van der Waals surface area contributed by atoms with Crippen LogP contribution in [0.15, 0.2) is 6.20 Å². The molecule has 2 rings (SSSR count). The number of carboxylic acid groups (broad SMARTS) is 1. The van der Waals surface area contributed by atoms with Crippen molar-refractivity contribution in [1.29, 1.82) is 0 Å². The quantitative estimate of drug-likeness (QED) is 0.749. The first-order valence-electron chi connectivity index (χ1n) is 4.23. The topological polar surface area (TPSA) is 68.0 Å². The molecule has 2 aromatic rings. The van der Waals surface area contributed by atoms with Gasteiger partial charge in [-0.05, 0) is 6.92 Å². The molecule has 78 valence electrons. The van der Waals surface area contributed by atoms with E-state index >= 15 is 0 Å².